The Morgan fingerprint density at radius 2 is 2.00 bits per heavy atom. The van der Waals surface area contributed by atoms with Crippen molar-refractivity contribution in [2.75, 3.05) is 32.8 Å². The van der Waals surface area contributed by atoms with E-state index >= 15 is 0 Å². The highest BCUT2D eigenvalue weighted by Gasteiger charge is 2.53. The summed E-state index contributed by atoms with van der Waals surface area (Å²) in [6.07, 6.45) is 6.84. The van der Waals surface area contributed by atoms with Gasteiger partial charge in [0.15, 0.2) is 0 Å². The van der Waals surface area contributed by atoms with Crippen LogP contribution in [0.5, 0.6) is 0 Å². The normalized spacial score (nSPS) is 49.5. The summed E-state index contributed by atoms with van der Waals surface area (Å²) in [4.78, 5) is 2.58. The van der Waals surface area contributed by atoms with E-state index in [4.69, 9.17) is 4.74 Å². The molecule has 1 unspecified atom stereocenters. The lowest BCUT2D eigenvalue weighted by Crippen LogP contribution is -2.72. The van der Waals surface area contributed by atoms with Crippen molar-refractivity contribution in [2.45, 2.75) is 37.8 Å². The molecular weight excluding hydrogens is 200 g/mol. The summed E-state index contributed by atoms with van der Waals surface area (Å²) in [6, 6.07) is 0. The standard InChI is InChI=1S/C13H22N2O/c1-4-12(5-1)8-14-13(16-10-12)9-15-6-2-11(13)3-7-15/h11,14H,1-10H2. The second-order valence-electron chi connectivity index (χ2n) is 6.44. The lowest BCUT2D eigenvalue weighted by Gasteiger charge is -2.59. The van der Waals surface area contributed by atoms with Gasteiger partial charge >= 0.3 is 0 Å². The molecule has 16 heavy (non-hydrogen) atoms. The Kier molecular flexibility index (Phi) is 1.98. The Bertz CT molecular complexity index is 282. The fraction of sp³-hybridized carbons (Fsp3) is 1.00. The number of fused-ring (bicyclic) bond motifs is 2. The Morgan fingerprint density at radius 1 is 1.19 bits per heavy atom. The van der Waals surface area contributed by atoms with Gasteiger partial charge in [-0.1, -0.05) is 6.42 Å². The summed E-state index contributed by atoms with van der Waals surface area (Å²) < 4.78 is 6.35. The summed E-state index contributed by atoms with van der Waals surface area (Å²) in [5.41, 5.74) is 0.564. The number of ether oxygens (including phenoxy) is 1. The van der Waals surface area contributed by atoms with Gasteiger partial charge in [-0.3, -0.25) is 10.2 Å². The zero-order valence-electron chi connectivity index (χ0n) is 10.0. The fourth-order valence-corrected chi connectivity index (χ4v) is 4.10. The molecular formula is C13H22N2O. The summed E-state index contributed by atoms with van der Waals surface area (Å²) in [5.74, 6) is 0.773. The molecule has 1 aliphatic carbocycles. The van der Waals surface area contributed by atoms with Gasteiger partial charge in [-0.05, 0) is 38.8 Å². The van der Waals surface area contributed by atoms with Gasteiger partial charge in [-0.25, -0.2) is 0 Å². The highest BCUT2D eigenvalue weighted by molar-refractivity contribution is 5.04. The molecule has 4 heterocycles. The summed E-state index contributed by atoms with van der Waals surface area (Å²) >= 11 is 0. The first-order chi connectivity index (χ1) is 7.80. The zero-order chi connectivity index (χ0) is 10.6. The van der Waals surface area contributed by atoms with Crippen molar-refractivity contribution >= 4 is 0 Å². The molecule has 0 aromatic rings. The SMILES string of the molecule is C1CC2(C1)CNC1(CN3CCC1CC3)OC2. The van der Waals surface area contributed by atoms with Crippen LogP contribution in [-0.2, 0) is 4.74 Å². The van der Waals surface area contributed by atoms with Crippen LogP contribution in [0.2, 0.25) is 0 Å². The molecule has 1 saturated carbocycles. The van der Waals surface area contributed by atoms with Crippen LogP contribution in [0.1, 0.15) is 32.1 Å². The van der Waals surface area contributed by atoms with E-state index in [0.29, 0.717) is 5.41 Å². The molecule has 2 spiro atoms. The van der Waals surface area contributed by atoms with Crippen LogP contribution in [0.4, 0.5) is 0 Å². The molecule has 0 radical (unpaired) electrons. The van der Waals surface area contributed by atoms with Gasteiger partial charge in [0.05, 0.1) is 6.61 Å². The Morgan fingerprint density at radius 3 is 2.44 bits per heavy atom. The van der Waals surface area contributed by atoms with E-state index < -0.39 is 0 Å². The molecule has 0 aromatic carbocycles. The largest absolute Gasteiger partial charge is 0.358 e. The Balaban J connectivity index is 1.52. The van der Waals surface area contributed by atoms with Crippen LogP contribution >= 0.6 is 0 Å². The van der Waals surface area contributed by atoms with E-state index in [1.807, 2.05) is 0 Å². The van der Waals surface area contributed by atoms with Crippen LogP contribution in [0.15, 0.2) is 0 Å². The summed E-state index contributed by atoms with van der Waals surface area (Å²) in [5, 5.41) is 3.79. The van der Waals surface area contributed by atoms with E-state index in [9.17, 15) is 0 Å². The second kappa shape index (κ2) is 3.21. The molecule has 90 valence electrons. The number of hydrogen-bond donors (Lipinski definition) is 1. The fourth-order valence-electron chi connectivity index (χ4n) is 4.10. The summed E-state index contributed by atoms with van der Waals surface area (Å²) in [7, 11) is 0. The highest BCUT2D eigenvalue weighted by atomic mass is 16.5. The van der Waals surface area contributed by atoms with Gasteiger partial charge in [0.2, 0.25) is 0 Å². The number of rotatable bonds is 0. The van der Waals surface area contributed by atoms with E-state index in [-0.39, 0.29) is 5.72 Å². The highest BCUT2D eigenvalue weighted by Crippen LogP contribution is 2.47. The maximum Gasteiger partial charge on any atom is 0.134 e. The van der Waals surface area contributed by atoms with Crippen molar-refractivity contribution in [1.29, 1.82) is 0 Å². The van der Waals surface area contributed by atoms with Crippen LogP contribution in [0.25, 0.3) is 0 Å². The average Bonchev–Trinajstić information content (AvgIpc) is 2.29. The van der Waals surface area contributed by atoms with Crippen molar-refractivity contribution in [2.24, 2.45) is 11.3 Å². The minimum atomic E-state index is 0.0390. The minimum Gasteiger partial charge on any atom is -0.358 e. The Labute approximate surface area is 97.5 Å². The third-order valence-corrected chi connectivity index (χ3v) is 5.52. The minimum absolute atomic E-state index is 0.0390. The molecule has 4 saturated heterocycles. The molecule has 3 nitrogen and oxygen atoms in total. The first-order valence-corrected chi connectivity index (χ1v) is 6.92. The predicted octanol–water partition coefficient (Wildman–Crippen LogP) is 1.20. The average molecular weight is 222 g/mol. The molecule has 0 amide bonds. The first kappa shape index (κ1) is 9.86. The second-order valence-corrected chi connectivity index (χ2v) is 6.44. The summed E-state index contributed by atoms with van der Waals surface area (Å²) in [6.45, 7) is 5.95. The van der Waals surface area contributed by atoms with Crippen LogP contribution < -0.4 is 5.32 Å². The van der Waals surface area contributed by atoms with Gasteiger partial charge in [-0.15, -0.1) is 0 Å². The third-order valence-electron chi connectivity index (χ3n) is 5.52. The number of piperidine rings is 3. The first-order valence-electron chi connectivity index (χ1n) is 6.92. The van der Waals surface area contributed by atoms with Crippen LogP contribution in [0, 0.1) is 11.3 Å². The molecule has 5 fully saturated rings. The molecule has 5 rings (SSSR count). The molecule has 3 heteroatoms. The quantitative estimate of drug-likeness (QED) is 0.666. The van der Waals surface area contributed by atoms with E-state index in [1.54, 1.807) is 0 Å². The van der Waals surface area contributed by atoms with Crippen molar-refractivity contribution in [3.05, 3.63) is 0 Å². The smallest absolute Gasteiger partial charge is 0.134 e. The van der Waals surface area contributed by atoms with E-state index in [1.165, 1.54) is 51.7 Å². The molecule has 0 aromatic heterocycles. The number of hydrogen-bond acceptors (Lipinski definition) is 3. The predicted molar refractivity (Wildman–Crippen MR) is 62.1 cm³/mol. The molecule has 5 aliphatic rings. The number of nitrogens with zero attached hydrogens (tertiary/aromatic N) is 1. The lowest BCUT2D eigenvalue weighted by molar-refractivity contribution is -0.227. The van der Waals surface area contributed by atoms with Crippen molar-refractivity contribution < 1.29 is 4.74 Å². The van der Waals surface area contributed by atoms with Crippen molar-refractivity contribution in [3.63, 3.8) is 0 Å². The van der Waals surface area contributed by atoms with Crippen LogP contribution in [-0.4, -0.2) is 43.4 Å². The van der Waals surface area contributed by atoms with Gasteiger partial charge in [0.25, 0.3) is 0 Å². The van der Waals surface area contributed by atoms with Gasteiger partial charge in [-0.2, -0.15) is 0 Å². The molecule has 2 bridgehead atoms. The maximum absolute atomic E-state index is 6.35. The van der Waals surface area contributed by atoms with Crippen LogP contribution in [0.3, 0.4) is 0 Å². The monoisotopic (exact) mass is 222 g/mol. The van der Waals surface area contributed by atoms with Crippen molar-refractivity contribution in [1.82, 2.24) is 10.2 Å². The van der Waals surface area contributed by atoms with E-state index in [2.05, 4.69) is 10.2 Å². The van der Waals surface area contributed by atoms with Gasteiger partial charge < -0.3 is 4.74 Å². The lowest BCUT2D eigenvalue weighted by atomic mass is 9.67. The maximum atomic E-state index is 6.35. The zero-order valence-corrected chi connectivity index (χ0v) is 10.0. The number of nitrogens with one attached hydrogen (secondary N) is 1. The van der Waals surface area contributed by atoms with Gasteiger partial charge in [0, 0.05) is 24.4 Å². The topological polar surface area (TPSA) is 24.5 Å². The molecule has 1 N–H and O–H groups in total. The molecule has 1 atom stereocenters. The van der Waals surface area contributed by atoms with Crippen molar-refractivity contribution in [3.8, 4) is 0 Å². The Hall–Kier alpha value is -0.120. The molecule has 4 aliphatic heterocycles. The third kappa shape index (κ3) is 1.25. The van der Waals surface area contributed by atoms with E-state index in [0.717, 1.165) is 19.1 Å². The van der Waals surface area contributed by atoms with Gasteiger partial charge in [0.1, 0.15) is 5.72 Å².